The molecule has 1 fully saturated rings. The minimum absolute atomic E-state index is 0.0799. The van der Waals surface area contributed by atoms with Crippen LogP contribution in [0.3, 0.4) is 0 Å². The lowest BCUT2D eigenvalue weighted by Crippen LogP contribution is -2.30. The third-order valence-electron chi connectivity index (χ3n) is 3.95. The van der Waals surface area contributed by atoms with Gasteiger partial charge in [0.25, 0.3) is 0 Å². The van der Waals surface area contributed by atoms with E-state index in [0.717, 1.165) is 32.4 Å². The summed E-state index contributed by atoms with van der Waals surface area (Å²) in [4.78, 5) is 0. The zero-order chi connectivity index (χ0) is 13.0. The summed E-state index contributed by atoms with van der Waals surface area (Å²) >= 11 is 0. The van der Waals surface area contributed by atoms with E-state index in [1.165, 1.54) is 12.0 Å². The molecule has 1 heterocycles. The van der Waals surface area contributed by atoms with Crippen LogP contribution in [0.1, 0.15) is 51.1 Å². The Morgan fingerprint density at radius 2 is 2.39 bits per heavy atom. The van der Waals surface area contributed by atoms with Gasteiger partial charge < -0.3 is 10.4 Å². The van der Waals surface area contributed by atoms with Gasteiger partial charge in [-0.1, -0.05) is 6.42 Å². The van der Waals surface area contributed by atoms with E-state index in [2.05, 4.69) is 30.5 Å². The zero-order valence-electron chi connectivity index (χ0n) is 11.5. The minimum Gasteiger partial charge on any atom is -0.393 e. The average molecular weight is 251 g/mol. The van der Waals surface area contributed by atoms with Crippen molar-refractivity contribution in [2.45, 2.75) is 58.2 Å². The van der Waals surface area contributed by atoms with Crippen LogP contribution in [0.25, 0.3) is 0 Å². The maximum Gasteiger partial charge on any atom is 0.0543 e. The molecule has 0 radical (unpaired) electrons. The lowest BCUT2D eigenvalue weighted by atomic mass is 9.87. The summed E-state index contributed by atoms with van der Waals surface area (Å²) in [6.07, 6.45) is 8.30. The summed E-state index contributed by atoms with van der Waals surface area (Å²) in [5, 5.41) is 17.5. The van der Waals surface area contributed by atoms with Crippen molar-refractivity contribution >= 4 is 0 Å². The third kappa shape index (κ3) is 3.56. The van der Waals surface area contributed by atoms with Crippen molar-refractivity contribution < 1.29 is 5.11 Å². The Morgan fingerprint density at radius 3 is 3.06 bits per heavy atom. The third-order valence-corrected chi connectivity index (χ3v) is 3.95. The fraction of sp³-hybridized carbons (Fsp3) is 0.786. The van der Waals surface area contributed by atoms with Crippen molar-refractivity contribution in [3.05, 3.63) is 18.0 Å². The molecule has 4 nitrogen and oxygen atoms in total. The van der Waals surface area contributed by atoms with Crippen molar-refractivity contribution in [1.82, 2.24) is 15.1 Å². The second-order valence-electron chi connectivity index (χ2n) is 5.45. The highest BCUT2D eigenvalue weighted by Gasteiger charge is 2.20. The number of aryl methyl sites for hydroxylation is 1. The second-order valence-corrected chi connectivity index (χ2v) is 5.45. The average Bonchev–Trinajstić information content (AvgIpc) is 2.85. The molecule has 1 aromatic heterocycles. The summed E-state index contributed by atoms with van der Waals surface area (Å²) in [5.41, 5.74) is 1.24. The fourth-order valence-electron chi connectivity index (χ4n) is 2.69. The van der Waals surface area contributed by atoms with E-state index in [1.807, 2.05) is 10.9 Å². The lowest BCUT2D eigenvalue weighted by Gasteiger charge is -2.27. The maximum absolute atomic E-state index is 9.66. The second kappa shape index (κ2) is 6.34. The van der Waals surface area contributed by atoms with Gasteiger partial charge in [-0.3, -0.25) is 4.68 Å². The van der Waals surface area contributed by atoms with Crippen molar-refractivity contribution in [2.24, 2.45) is 5.92 Å². The molecule has 0 bridgehead atoms. The molecule has 1 saturated carbocycles. The maximum atomic E-state index is 9.66. The quantitative estimate of drug-likeness (QED) is 0.842. The number of hydrogen-bond acceptors (Lipinski definition) is 3. The predicted molar refractivity (Wildman–Crippen MR) is 72.3 cm³/mol. The van der Waals surface area contributed by atoms with E-state index in [-0.39, 0.29) is 6.10 Å². The molecule has 0 saturated heterocycles. The number of aliphatic hydroxyl groups is 1. The highest BCUT2D eigenvalue weighted by molar-refractivity contribution is 5.09. The molecule has 1 aromatic rings. The van der Waals surface area contributed by atoms with Gasteiger partial charge in [0.2, 0.25) is 0 Å². The first-order valence-corrected chi connectivity index (χ1v) is 7.12. The molecule has 1 aliphatic carbocycles. The highest BCUT2D eigenvalue weighted by Crippen LogP contribution is 2.24. The number of nitrogens with zero attached hydrogens (tertiary/aromatic N) is 2. The smallest absolute Gasteiger partial charge is 0.0543 e. The van der Waals surface area contributed by atoms with E-state index in [1.54, 1.807) is 0 Å². The first-order chi connectivity index (χ1) is 8.69. The highest BCUT2D eigenvalue weighted by atomic mass is 16.3. The molecule has 0 aliphatic heterocycles. The normalized spacial score (nSPS) is 26.2. The molecule has 18 heavy (non-hydrogen) atoms. The Balaban J connectivity index is 1.78. The lowest BCUT2D eigenvalue weighted by molar-refractivity contribution is 0.0998. The van der Waals surface area contributed by atoms with Crippen molar-refractivity contribution in [2.75, 3.05) is 6.54 Å². The van der Waals surface area contributed by atoms with Crippen molar-refractivity contribution in [3.8, 4) is 0 Å². The van der Waals surface area contributed by atoms with E-state index < -0.39 is 0 Å². The summed E-state index contributed by atoms with van der Waals surface area (Å²) < 4.78 is 1.96. The van der Waals surface area contributed by atoms with Crippen molar-refractivity contribution in [3.63, 3.8) is 0 Å². The Morgan fingerprint density at radius 1 is 1.56 bits per heavy atom. The molecule has 0 amide bonds. The van der Waals surface area contributed by atoms with Crippen LogP contribution < -0.4 is 5.32 Å². The fourth-order valence-corrected chi connectivity index (χ4v) is 2.69. The van der Waals surface area contributed by atoms with E-state index in [0.29, 0.717) is 12.0 Å². The largest absolute Gasteiger partial charge is 0.393 e. The Bertz CT molecular complexity index is 364. The number of rotatable bonds is 5. The van der Waals surface area contributed by atoms with Crippen LogP contribution in [0, 0.1) is 5.92 Å². The van der Waals surface area contributed by atoms with Gasteiger partial charge in [-0.15, -0.1) is 0 Å². The van der Waals surface area contributed by atoms with Crippen LogP contribution in [0.15, 0.2) is 12.4 Å². The molecule has 1 aliphatic rings. The number of aromatic nitrogens is 2. The first kappa shape index (κ1) is 13.6. The van der Waals surface area contributed by atoms with Gasteiger partial charge in [0.05, 0.1) is 12.3 Å². The topological polar surface area (TPSA) is 50.1 Å². The molecule has 0 aromatic carbocycles. The van der Waals surface area contributed by atoms with Crippen LogP contribution in [-0.4, -0.2) is 27.5 Å². The monoisotopic (exact) mass is 251 g/mol. The standard InChI is InChI=1S/C14H25N3O/c1-3-17-10-13(9-16-17)11(2)15-8-12-5-4-6-14(18)7-12/h9-12,14-15,18H,3-8H2,1-2H3. The van der Waals surface area contributed by atoms with E-state index in [4.69, 9.17) is 0 Å². The molecular formula is C14H25N3O. The number of hydrogen-bond donors (Lipinski definition) is 2. The molecule has 2 rings (SSSR count). The van der Waals surface area contributed by atoms with Gasteiger partial charge in [-0.25, -0.2) is 0 Å². The SMILES string of the molecule is CCn1cc(C(C)NCC2CCCC(O)C2)cn1. The minimum atomic E-state index is -0.0799. The number of aliphatic hydroxyl groups excluding tert-OH is 1. The van der Waals surface area contributed by atoms with E-state index >= 15 is 0 Å². The molecule has 2 N–H and O–H groups in total. The molecule has 102 valence electrons. The number of nitrogens with one attached hydrogen (secondary N) is 1. The first-order valence-electron chi connectivity index (χ1n) is 7.12. The van der Waals surface area contributed by atoms with Gasteiger partial charge in [0, 0.05) is 24.3 Å². The summed E-state index contributed by atoms with van der Waals surface area (Å²) in [5.74, 6) is 0.623. The van der Waals surface area contributed by atoms with E-state index in [9.17, 15) is 5.11 Å². The van der Waals surface area contributed by atoms with Gasteiger partial charge in [0.15, 0.2) is 0 Å². The Kier molecular flexibility index (Phi) is 4.78. The summed E-state index contributed by atoms with van der Waals surface area (Å²) in [7, 11) is 0. The van der Waals surface area contributed by atoms with Gasteiger partial charge in [0.1, 0.15) is 0 Å². The Labute approximate surface area is 109 Å². The van der Waals surface area contributed by atoms with Crippen LogP contribution in [0.2, 0.25) is 0 Å². The van der Waals surface area contributed by atoms with Gasteiger partial charge in [-0.2, -0.15) is 5.10 Å². The molecule has 0 spiro atoms. The molecular weight excluding hydrogens is 226 g/mol. The van der Waals surface area contributed by atoms with Gasteiger partial charge in [-0.05, 0) is 45.6 Å². The molecule has 3 atom stereocenters. The Hall–Kier alpha value is -0.870. The van der Waals surface area contributed by atoms with Gasteiger partial charge >= 0.3 is 0 Å². The van der Waals surface area contributed by atoms with Crippen LogP contribution >= 0.6 is 0 Å². The summed E-state index contributed by atoms with van der Waals surface area (Å²) in [6, 6.07) is 0.337. The van der Waals surface area contributed by atoms with Crippen LogP contribution in [0.5, 0.6) is 0 Å². The molecule has 4 heteroatoms. The molecule has 3 unspecified atom stereocenters. The van der Waals surface area contributed by atoms with Crippen LogP contribution in [-0.2, 0) is 6.54 Å². The predicted octanol–water partition coefficient (Wildman–Crippen LogP) is 2.10. The van der Waals surface area contributed by atoms with Crippen LogP contribution in [0.4, 0.5) is 0 Å². The zero-order valence-corrected chi connectivity index (χ0v) is 11.5. The van der Waals surface area contributed by atoms with Crippen molar-refractivity contribution in [1.29, 1.82) is 0 Å². The summed E-state index contributed by atoms with van der Waals surface area (Å²) in [6.45, 7) is 6.19.